The van der Waals surface area contributed by atoms with Crippen LogP contribution in [0.2, 0.25) is 0 Å². The minimum atomic E-state index is -0.289. The van der Waals surface area contributed by atoms with Gasteiger partial charge in [0.1, 0.15) is 5.82 Å². The highest BCUT2D eigenvalue weighted by Gasteiger charge is 2.18. The minimum absolute atomic E-state index is 0.0687. The average molecular weight is 342 g/mol. The van der Waals surface area contributed by atoms with Crippen LogP contribution in [0, 0.1) is 5.82 Å². The Hall–Kier alpha value is -2.31. The maximum absolute atomic E-state index is 13.1. The number of nitrogens with zero attached hydrogens (tertiary/aromatic N) is 2. The van der Waals surface area contributed by atoms with Crippen molar-refractivity contribution in [3.05, 3.63) is 90.0 Å². The molecule has 2 aromatic heterocycles. The third-order valence-electron chi connectivity index (χ3n) is 3.60. The van der Waals surface area contributed by atoms with Crippen molar-refractivity contribution in [1.29, 1.82) is 0 Å². The molecular formula is C17H11FN2OS2. The number of halogens is 1. The molecule has 0 fully saturated rings. The summed E-state index contributed by atoms with van der Waals surface area (Å²) < 4.78 is 15.5. The zero-order valence-corrected chi connectivity index (χ0v) is 13.5. The van der Waals surface area contributed by atoms with E-state index in [1.807, 2.05) is 29.7 Å². The molecule has 3 aromatic rings. The second-order valence-corrected chi connectivity index (χ2v) is 7.04. The monoisotopic (exact) mass is 342 g/mol. The van der Waals surface area contributed by atoms with Crippen LogP contribution < -0.4 is 14.9 Å². The molecule has 1 aromatic carbocycles. The van der Waals surface area contributed by atoms with Crippen molar-refractivity contribution in [2.45, 2.75) is 6.04 Å². The van der Waals surface area contributed by atoms with E-state index >= 15 is 0 Å². The lowest BCUT2D eigenvalue weighted by molar-refractivity contribution is 0.617. The summed E-state index contributed by atoms with van der Waals surface area (Å²) in [5, 5.41) is 1.98. The van der Waals surface area contributed by atoms with Gasteiger partial charge in [-0.1, -0.05) is 29.5 Å². The molecule has 114 valence electrons. The highest BCUT2D eigenvalue weighted by atomic mass is 32.1. The molecule has 3 heterocycles. The van der Waals surface area contributed by atoms with Gasteiger partial charge in [0.15, 0.2) is 4.80 Å². The molecule has 0 radical (unpaired) electrons. The zero-order chi connectivity index (χ0) is 15.8. The first-order valence-corrected chi connectivity index (χ1v) is 8.68. The first kappa shape index (κ1) is 14.3. The standard InChI is InChI=1S/C17H11FN2OS2/c18-12-5-3-11(4-6-12)14-7-8-19-17-20(14)16(21)15(23-17)10-13-2-1-9-22-13/h1-10,14H. The lowest BCUT2D eigenvalue weighted by Crippen LogP contribution is -2.35. The van der Waals surface area contributed by atoms with Gasteiger partial charge in [0, 0.05) is 11.1 Å². The number of hydrogen-bond acceptors (Lipinski definition) is 4. The van der Waals surface area contributed by atoms with Crippen LogP contribution in [0.1, 0.15) is 16.5 Å². The Morgan fingerprint density at radius 1 is 1.22 bits per heavy atom. The van der Waals surface area contributed by atoms with Crippen molar-refractivity contribution in [1.82, 2.24) is 4.57 Å². The first-order chi connectivity index (χ1) is 11.2. The van der Waals surface area contributed by atoms with E-state index in [1.165, 1.54) is 23.5 Å². The van der Waals surface area contributed by atoms with Crippen LogP contribution in [0.4, 0.5) is 4.39 Å². The van der Waals surface area contributed by atoms with Gasteiger partial charge >= 0.3 is 0 Å². The molecule has 0 amide bonds. The molecule has 3 nitrogen and oxygen atoms in total. The number of benzene rings is 1. The molecule has 4 rings (SSSR count). The molecule has 6 heteroatoms. The molecule has 1 aliphatic heterocycles. The van der Waals surface area contributed by atoms with Gasteiger partial charge in [-0.05, 0) is 41.3 Å². The highest BCUT2D eigenvalue weighted by molar-refractivity contribution is 7.11. The Bertz CT molecular complexity index is 1040. The van der Waals surface area contributed by atoms with Crippen molar-refractivity contribution in [2.75, 3.05) is 0 Å². The molecule has 1 aliphatic rings. The van der Waals surface area contributed by atoms with Crippen molar-refractivity contribution >= 4 is 28.7 Å². The molecule has 1 atom stereocenters. The zero-order valence-electron chi connectivity index (χ0n) is 11.8. The molecule has 0 aliphatic carbocycles. The van der Waals surface area contributed by atoms with Crippen LogP contribution in [-0.2, 0) is 0 Å². The number of thiazole rings is 1. The summed E-state index contributed by atoms with van der Waals surface area (Å²) in [5.41, 5.74) is 0.794. The average Bonchev–Trinajstić information content (AvgIpc) is 3.17. The Morgan fingerprint density at radius 2 is 2.04 bits per heavy atom. The summed E-state index contributed by atoms with van der Waals surface area (Å²) in [6.07, 6.45) is 5.44. The maximum atomic E-state index is 13.1. The van der Waals surface area contributed by atoms with E-state index in [1.54, 1.807) is 34.2 Å². The SMILES string of the molecule is O=c1c(=Cc2cccs2)sc2n1C(c1ccc(F)cc1)C=CN=2. The minimum Gasteiger partial charge on any atom is -0.272 e. The molecule has 0 N–H and O–H groups in total. The van der Waals surface area contributed by atoms with E-state index in [4.69, 9.17) is 0 Å². The van der Waals surface area contributed by atoms with Gasteiger partial charge in [0.2, 0.25) is 0 Å². The van der Waals surface area contributed by atoms with Gasteiger partial charge in [0.05, 0.1) is 10.6 Å². The summed E-state index contributed by atoms with van der Waals surface area (Å²) in [6.45, 7) is 0. The lowest BCUT2D eigenvalue weighted by Gasteiger charge is -2.16. The van der Waals surface area contributed by atoms with Gasteiger partial charge in [-0.3, -0.25) is 9.36 Å². The fraction of sp³-hybridized carbons (Fsp3) is 0.0588. The second-order valence-electron chi connectivity index (χ2n) is 5.05. The van der Waals surface area contributed by atoms with Gasteiger partial charge in [-0.15, -0.1) is 11.3 Å². The summed E-state index contributed by atoms with van der Waals surface area (Å²) in [4.78, 5) is 18.8. The summed E-state index contributed by atoms with van der Waals surface area (Å²) in [7, 11) is 0. The lowest BCUT2D eigenvalue weighted by atomic mass is 10.1. The smallest absolute Gasteiger partial charge is 0.271 e. The Labute approximate surface area is 139 Å². The third kappa shape index (κ3) is 2.60. The van der Waals surface area contributed by atoms with Crippen LogP contribution in [0.3, 0.4) is 0 Å². The van der Waals surface area contributed by atoms with Crippen LogP contribution in [0.5, 0.6) is 0 Å². The molecule has 23 heavy (non-hydrogen) atoms. The highest BCUT2D eigenvalue weighted by Crippen LogP contribution is 2.19. The quantitative estimate of drug-likeness (QED) is 0.705. The predicted molar refractivity (Wildman–Crippen MR) is 90.9 cm³/mol. The second kappa shape index (κ2) is 5.72. The number of fused-ring (bicyclic) bond motifs is 1. The summed E-state index contributed by atoms with van der Waals surface area (Å²) in [6, 6.07) is 9.89. The molecule has 0 saturated carbocycles. The molecule has 0 saturated heterocycles. The van der Waals surface area contributed by atoms with Gasteiger partial charge in [0.25, 0.3) is 5.56 Å². The third-order valence-corrected chi connectivity index (χ3v) is 5.41. The Morgan fingerprint density at radius 3 is 2.78 bits per heavy atom. The Balaban J connectivity index is 1.88. The van der Waals surface area contributed by atoms with Crippen LogP contribution in [0.25, 0.3) is 6.08 Å². The number of thiophene rings is 1. The van der Waals surface area contributed by atoms with Crippen molar-refractivity contribution in [3.8, 4) is 0 Å². The van der Waals surface area contributed by atoms with Crippen LogP contribution in [0.15, 0.2) is 63.8 Å². The predicted octanol–water partition coefficient (Wildman–Crippen LogP) is 2.68. The van der Waals surface area contributed by atoms with E-state index < -0.39 is 0 Å². The molecule has 1 unspecified atom stereocenters. The fourth-order valence-electron chi connectivity index (χ4n) is 2.52. The van der Waals surface area contributed by atoms with E-state index in [9.17, 15) is 9.18 Å². The van der Waals surface area contributed by atoms with Crippen LogP contribution >= 0.6 is 22.7 Å². The molecule has 0 bridgehead atoms. The van der Waals surface area contributed by atoms with Gasteiger partial charge in [-0.25, -0.2) is 9.38 Å². The fourth-order valence-corrected chi connectivity index (χ4v) is 4.23. The normalized spacial score (nSPS) is 17.1. The van der Waals surface area contributed by atoms with Crippen LogP contribution in [-0.4, -0.2) is 4.57 Å². The van der Waals surface area contributed by atoms with Crippen molar-refractivity contribution in [3.63, 3.8) is 0 Å². The van der Waals surface area contributed by atoms with Crippen molar-refractivity contribution in [2.24, 2.45) is 4.99 Å². The number of aromatic nitrogens is 1. The number of allylic oxidation sites excluding steroid dienone is 1. The van der Waals surface area contributed by atoms with E-state index in [0.717, 1.165) is 10.4 Å². The number of hydrogen-bond donors (Lipinski definition) is 0. The largest absolute Gasteiger partial charge is 0.272 e. The van der Waals surface area contributed by atoms with E-state index in [0.29, 0.717) is 9.33 Å². The van der Waals surface area contributed by atoms with Gasteiger partial charge < -0.3 is 0 Å². The van der Waals surface area contributed by atoms with E-state index in [2.05, 4.69) is 4.99 Å². The maximum Gasteiger partial charge on any atom is 0.271 e. The van der Waals surface area contributed by atoms with E-state index in [-0.39, 0.29) is 17.4 Å². The summed E-state index contributed by atoms with van der Waals surface area (Å²) in [5.74, 6) is -0.289. The summed E-state index contributed by atoms with van der Waals surface area (Å²) >= 11 is 2.96. The molecular weight excluding hydrogens is 331 g/mol. The molecule has 0 spiro atoms. The number of rotatable bonds is 2. The first-order valence-electron chi connectivity index (χ1n) is 6.99. The topological polar surface area (TPSA) is 34.4 Å². The van der Waals surface area contributed by atoms with Gasteiger partial charge in [-0.2, -0.15) is 0 Å². The Kier molecular flexibility index (Phi) is 3.55. The van der Waals surface area contributed by atoms with Crippen molar-refractivity contribution < 1.29 is 4.39 Å².